The summed E-state index contributed by atoms with van der Waals surface area (Å²) in [6.07, 6.45) is 0.356. The number of aliphatic imine (C=N–C) groups is 1. The topological polar surface area (TPSA) is 255 Å². The van der Waals surface area contributed by atoms with Crippen molar-refractivity contribution < 1.29 is 24.3 Å². The average Bonchev–Trinajstić information content (AvgIpc) is 2.58. The van der Waals surface area contributed by atoms with Gasteiger partial charge < -0.3 is 44.4 Å². The molecule has 4 amide bonds. The zero-order valence-electron chi connectivity index (χ0n) is 14.9. The van der Waals surface area contributed by atoms with Crippen LogP contribution in [0.2, 0.25) is 0 Å². The number of nitrogens with zero attached hydrogens (tertiary/aromatic N) is 1. The second-order valence-corrected chi connectivity index (χ2v) is 5.77. The van der Waals surface area contributed by atoms with Gasteiger partial charge in [0.05, 0.1) is 12.6 Å². The second kappa shape index (κ2) is 12.4. The van der Waals surface area contributed by atoms with E-state index in [0.29, 0.717) is 6.42 Å². The second-order valence-electron chi connectivity index (χ2n) is 5.77. The van der Waals surface area contributed by atoms with E-state index in [1.165, 1.54) is 0 Å². The van der Waals surface area contributed by atoms with Gasteiger partial charge in [0.25, 0.3) is 0 Å². The maximum absolute atomic E-state index is 12.3. The molecule has 0 saturated heterocycles. The molecule has 13 heteroatoms. The van der Waals surface area contributed by atoms with Gasteiger partial charge in [0.1, 0.15) is 12.1 Å². The summed E-state index contributed by atoms with van der Waals surface area (Å²) in [6, 6.07) is -3.45. The number of aliphatic hydroxyl groups excluding tert-OH is 1. The maximum Gasteiger partial charge on any atom is 0.243 e. The number of hydrogen-bond donors (Lipinski definition) is 8. The third-order valence-electron chi connectivity index (χ3n) is 3.46. The molecule has 0 unspecified atom stereocenters. The lowest BCUT2D eigenvalue weighted by molar-refractivity contribution is -0.132. The number of guanidine groups is 1. The number of primary amides is 2. The molecular weight excluding hydrogens is 360 g/mol. The largest absolute Gasteiger partial charge is 0.394 e. The van der Waals surface area contributed by atoms with Crippen LogP contribution < -0.4 is 39.3 Å². The number of amides is 4. The zero-order chi connectivity index (χ0) is 21.0. The molecule has 13 N–H and O–H groups in total. The first kappa shape index (κ1) is 24.1. The van der Waals surface area contributed by atoms with Crippen molar-refractivity contribution in [3.05, 3.63) is 0 Å². The highest BCUT2D eigenvalue weighted by Gasteiger charge is 2.26. The highest BCUT2D eigenvalue weighted by Crippen LogP contribution is 2.02. The van der Waals surface area contributed by atoms with Gasteiger partial charge in [0, 0.05) is 13.0 Å². The summed E-state index contributed by atoms with van der Waals surface area (Å²) in [5.41, 5.74) is 26.1. The fraction of sp³-hybridized carbons (Fsp3) is 0.643. The smallest absolute Gasteiger partial charge is 0.243 e. The SMILES string of the molecule is NC(=O)CC[C@H](N)C(=O)N[C@@H](CCCN=C(N)N)C(=O)N[C@@H](CO)C(N)=O. The molecule has 0 spiro atoms. The van der Waals surface area contributed by atoms with Gasteiger partial charge in [-0.3, -0.25) is 24.2 Å². The number of carbonyl (C=O) groups is 4. The fourth-order valence-electron chi connectivity index (χ4n) is 1.96. The van der Waals surface area contributed by atoms with Crippen molar-refractivity contribution in [2.45, 2.75) is 43.8 Å². The van der Waals surface area contributed by atoms with E-state index >= 15 is 0 Å². The van der Waals surface area contributed by atoms with Crippen molar-refractivity contribution in [3.8, 4) is 0 Å². The molecule has 27 heavy (non-hydrogen) atoms. The molecule has 0 rings (SSSR count). The van der Waals surface area contributed by atoms with Gasteiger partial charge in [-0.15, -0.1) is 0 Å². The summed E-state index contributed by atoms with van der Waals surface area (Å²) >= 11 is 0. The molecule has 0 bridgehead atoms. The van der Waals surface area contributed by atoms with Gasteiger partial charge in [0.2, 0.25) is 23.6 Å². The van der Waals surface area contributed by atoms with Gasteiger partial charge >= 0.3 is 0 Å². The molecule has 3 atom stereocenters. The quantitative estimate of drug-likeness (QED) is 0.0859. The van der Waals surface area contributed by atoms with Crippen molar-refractivity contribution >= 4 is 29.6 Å². The van der Waals surface area contributed by atoms with Crippen molar-refractivity contribution in [2.75, 3.05) is 13.2 Å². The predicted octanol–water partition coefficient (Wildman–Crippen LogP) is -4.92. The number of hydrogen-bond acceptors (Lipinski definition) is 7. The lowest BCUT2D eigenvalue weighted by atomic mass is 10.1. The third-order valence-corrected chi connectivity index (χ3v) is 3.46. The van der Waals surface area contributed by atoms with Crippen LogP contribution in [0.5, 0.6) is 0 Å². The van der Waals surface area contributed by atoms with Crippen molar-refractivity contribution in [2.24, 2.45) is 33.7 Å². The van der Waals surface area contributed by atoms with Crippen LogP contribution in [-0.4, -0.2) is 66.0 Å². The van der Waals surface area contributed by atoms with Gasteiger partial charge in [-0.1, -0.05) is 0 Å². The molecule has 0 aliphatic heterocycles. The minimum absolute atomic E-state index is 0.00402. The minimum Gasteiger partial charge on any atom is -0.394 e. The standard InChI is InChI=1S/C14H28N8O5/c15-7(3-4-10(16)24)12(26)21-8(2-1-5-20-14(18)19)13(27)22-9(6-23)11(17)25/h7-9,23H,1-6,15H2,(H2,16,24)(H2,17,25)(H,21,26)(H,22,27)(H4,18,19,20)/t7-,8-,9-/m0/s1. The lowest BCUT2D eigenvalue weighted by Gasteiger charge is -2.22. The van der Waals surface area contributed by atoms with Crippen LogP contribution in [0, 0.1) is 0 Å². The molecule has 0 aliphatic rings. The Bertz CT molecular complexity index is 564. The van der Waals surface area contributed by atoms with Crippen LogP contribution in [0.3, 0.4) is 0 Å². The number of nitrogens with two attached hydrogens (primary N) is 5. The lowest BCUT2D eigenvalue weighted by Crippen LogP contribution is -2.56. The summed E-state index contributed by atoms with van der Waals surface area (Å²) in [6.45, 7) is -0.497. The van der Waals surface area contributed by atoms with E-state index in [0.717, 1.165) is 0 Å². The average molecular weight is 388 g/mol. The van der Waals surface area contributed by atoms with E-state index in [-0.39, 0.29) is 31.8 Å². The number of aliphatic hydroxyl groups is 1. The Labute approximate surface area is 156 Å². The Morgan fingerprint density at radius 3 is 2.00 bits per heavy atom. The summed E-state index contributed by atoms with van der Waals surface area (Å²) in [4.78, 5) is 50.1. The number of nitrogens with one attached hydrogen (secondary N) is 2. The first-order valence-electron chi connectivity index (χ1n) is 8.18. The third kappa shape index (κ3) is 10.6. The van der Waals surface area contributed by atoms with Crippen LogP contribution in [0.4, 0.5) is 0 Å². The van der Waals surface area contributed by atoms with E-state index in [2.05, 4.69) is 15.6 Å². The van der Waals surface area contributed by atoms with Crippen LogP contribution in [-0.2, 0) is 19.2 Å². The van der Waals surface area contributed by atoms with E-state index in [1.807, 2.05) is 0 Å². The fourth-order valence-corrected chi connectivity index (χ4v) is 1.96. The predicted molar refractivity (Wildman–Crippen MR) is 96.5 cm³/mol. The van der Waals surface area contributed by atoms with Gasteiger partial charge in [-0.25, -0.2) is 0 Å². The van der Waals surface area contributed by atoms with Crippen LogP contribution in [0.1, 0.15) is 25.7 Å². The van der Waals surface area contributed by atoms with Gasteiger partial charge in [0.15, 0.2) is 5.96 Å². The number of rotatable bonds is 13. The zero-order valence-corrected chi connectivity index (χ0v) is 14.9. The first-order valence-corrected chi connectivity index (χ1v) is 8.18. The Morgan fingerprint density at radius 1 is 0.926 bits per heavy atom. The molecule has 0 radical (unpaired) electrons. The highest BCUT2D eigenvalue weighted by molar-refractivity contribution is 5.92. The molecule has 0 heterocycles. The van der Waals surface area contributed by atoms with Crippen LogP contribution in [0.25, 0.3) is 0 Å². The van der Waals surface area contributed by atoms with Crippen molar-refractivity contribution in [1.29, 1.82) is 0 Å². The molecule has 0 aromatic carbocycles. The Kier molecular flexibility index (Phi) is 11.1. The summed E-state index contributed by atoms with van der Waals surface area (Å²) in [7, 11) is 0. The normalized spacial score (nSPS) is 13.7. The molecule has 13 nitrogen and oxygen atoms in total. The molecule has 154 valence electrons. The molecule has 0 saturated carbocycles. The summed E-state index contributed by atoms with van der Waals surface area (Å²) < 4.78 is 0. The Hall–Kier alpha value is -2.93. The molecule has 0 fully saturated rings. The summed E-state index contributed by atoms with van der Waals surface area (Å²) in [5.74, 6) is -3.10. The molecular formula is C14H28N8O5. The van der Waals surface area contributed by atoms with E-state index < -0.39 is 48.4 Å². The monoisotopic (exact) mass is 388 g/mol. The highest BCUT2D eigenvalue weighted by atomic mass is 16.3. The molecule has 0 aromatic rings. The molecule has 0 aliphatic carbocycles. The summed E-state index contributed by atoms with van der Waals surface area (Å²) in [5, 5.41) is 13.7. The Balaban J connectivity index is 4.97. The van der Waals surface area contributed by atoms with Gasteiger partial charge in [-0.05, 0) is 19.3 Å². The van der Waals surface area contributed by atoms with Crippen LogP contribution in [0.15, 0.2) is 4.99 Å². The first-order chi connectivity index (χ1) is 12.6. The van der Waals surface area contributed by atoms with Crippen molar-refractivity contribution in [1.82, 2.24) is 10.6 Å². The van der Waals surface area contributed by atoms with E-state index in [4.69, 9.17) is 33.8 Å². The van der Waals surface area contributed by atoms with Crippen LogP contribution >= 0.6 is 0 Å². The minimum atomic E-state index is -1.31. The molecule has 0 aromatic heterocycles. The number of carbonyl (C=O) groups excluding carboxylic acids is 4. The van der Waals surface area contributed by atoms with Crippen molar-refractivity contribution in [3.63, 3.8) is 0 Å². The van der Waals surface area contributed by atoms with Gasteiger partial charge in [-0.2, -0.15) is 0 Å². The Morgan fingerprint density at radius 2 is 1.52 bits per heavy atom. The maximum atomic E-state index is 12.3. The van der Waals surface area contributed by atoms with E-state index in [9.17, 15) is 19.2 Å². The van der Waals surface area contributed by atoms with E-state index in [1.54, 1.807) is 0 Å².